The van der Waals surface area contributed by atoms with E-state index in [-0.39, 0.29) is 6.09 Å². The third-order valence-electron chi connectivity index (χ3n) is 3.04. The summed E-state index contributed by atoms with van der Waals surface area (Å²) in [5.74, 6) is 0. The smallest absolute Gasteiger partial charge is 0.410 e. The zero-order valence-electron chi connectivity index (χ0n) is 12.7. The molecule has 0 aromatic carbocycles. The zero-order chi connectivity index (χ0) is 14.3. The molecule has 0 aromatic rings. The molecule has 1 heterocycles. The average Bonchev–Trinajstić information content (AvgIpc) is 2.55. The van der Waals surface area contributed by atoms with Gasteiger partial charge in [0, 0.05) is 39.4 Å². The molecule has 19 heavy (non-hydrogen) atoms. The van der Waals surface area contributed by atoms with Gasteiger partial charge in [-0.1, -0.05) is 0 Å². The summed E-state index contributed by atoms with van der Waals surface area (Å²) in [5, 5.41) is 3.48. The van der Waals surface area contributed by atoms with Crippen LogP contribution in [0.15, 0.2) is 0 Å². The van der Waals surface area contributed by atoms with Crippen molar-refractivity contribution in [3.8, 4) is 0 Å². The second-order valence-electron chi connectivity index (χ2n) is 6.10. The highest BCUT2D eigenvalue weighted by Crippen LogP contribution is 2.09. The van der Waals surface area contributed by atoms with Crippen LogP contribution in [0.2, 0.25) is 0 Å². The number of carbonyl (C=O) groups is 1. The highest BCUT2D eigenvalue weighted by Gasteiger charge is 2.19. The fourth-order valence-corrected chi connectivity index (χ4v) is 1.98. The fourth-order valence-electron chi connectivity index (χ4n) is 1.98. The lowest BCUT2D eigenvalue weighted by atomic mass is 10.1. The molecule has 1 atom stereocenters. The largest absolute Gasteiger partial charge is 0.444 e. The van der Waals surface area contributed by atoms with Crippen molar-refractivity contribution in [2.24, 2.45) is 0 Å². The van der Waals surface area contributed by atoms with Crippen LogP contribution in [0, 0.1) is 0 Å². The molecule has 0 radical (unpaired) electrons. The Morgan fingerprint density at radius 1 is 1.37 bits per heavy atom. The molecule has 1 saturated heterocycles. The van der Waals surface area contributed by atoms with Gasteiger partial charge in [0.15, 0.2) is 0 Å². The van der Waals surface area contributed by atoms with Gasteiger partial charge in [-0.05, 0) is 40.0 Å². The van der Waals surface area contributed by atoms with E-state index in [4.69, 9.17) is 9.47 Å². The van der Waals surface area contributed by atoms with Gasteiger partial charge in [0.25, 0.3) is 0 Å². The quantitative estimate of drug-likeness (QED) is 0.850. The molecular formula is C14H28N2O3. The summed E-state index contributed by atoms with van der Waals surface area (Å²) in [7, 11) is 1.77. The highest BCUT2D eigenvalue weighted by atomic mass is 16.6. The number of nitrogens with zero attached hydrogens (tertiary/aromatic N) is 1. The lowest BCUT2D eigenvalue weighted by Crippen LogP contribution is -2.40. The van der Waals surface area contributed by atoms with Crippen LogP contribution in [0.25, 0.3) is 0 Å². The third-order valence-corrected chi connectivity index (χ3v) is 3.04. The molecule has 1 unspecified atom stereocenters. The number of amides is 1. The van der Waals surface area contributed by atoms with Gasteiger partial charge in [-0.3, -0.25) is 0 Å². The number of carbonyl (C=O) groups excluding carboxylic acids is 1. The molecular weight excluding hydrogens is 244 g/mol. The number of nitrogens with one attached hydrogen (secondary N) is 1. The van der Waals surface area contributed by atoms with E-state index < -0.39 is 5.60 Å². The van der Waals surface area contributed by atoms with Gasteiger partial charge in [0.1, 0.15) is 5.60 Å². The molecule has 5 heteroatoms. The lowest BCUT2D eigenvalue weighted by molar-refractivity contribution is 0.0299. The first-order chi connectivity index (χ1) is 8.88. The van der Waals surface area contributed by atoms with Crippen LogP contribution in [0.1, 0.15) is 40.0 Å². The van der Waals surface area contributed by atoms with Crippen molar-refractivity contribution < 1.29 is 14.3 Å². The highest BCUT2D eigenvalue weighted by molar-refractivity contribution is 5.67. The second kappa shape index (κ2) is 7.70. The summed E-state index contributed by atoms with van der Waals surface area (Å²) in [6.45, 7) is 8.79. The van der Waals surface area contributed by atoms with Gasteiger partial charge >= 0.3 is 6.09 Å². The molecule has 112 valence electrons. The van der Waals surface area contributed by atoms with Crippen LogP contribution in [-0.2, 0) is 9.47 Å². The molecule has 1 aliphatic rings. The maximum absolute atomic E-state index is 11.8. The van der Waals surface area contributed by atoms with Crippen molar-refractivity contribution in [1.29, 1.82) is 0 Å². The maximum Gasteiger partial charge on any atom is 0.410 e. The maximum atomic E-state index is 11.8. The summed E-state index contributed by atoms with van der Waals surface area (Å²) < 4.78 is 10.7. The Kier molecular flexibility index (Phi) is 6.58. The van der Waals surface area contributed by atoms with Crippen LogP contribution >= 0.6 is 0 Å². The molecule has 1 aliphatic heterocycles. The Bertz CT molecular complexity index is 268. The van der Waals surface area contributed by atoms with Crippen molar-refractivity contribution in [1.82, 2.24) is 10.2 Å². The Morgan fingerprint density at radius 2 is 2.11 bits per heavy atom. The SMILES string of the molecule is CN(CCNC1CCCOCC1)C(=O)OC(C)(C)C. The number of hydrogen-bond donors (Lipinski definition) is 1. The molecule has 1 amide bonds. The van der Waals surface area contributed by atoms with Crippen LogP contribution in [-0.4, -0.2) is 56.0 Å². The van der Waals surface area contributed by atoms with Gasteiger partial charge in [0.2, 0.25) is 0 Å². The molecule has 5 nitrogen and oxygen atoms in total. The van der Waals surface area contributed by atoms with Gasteiger partial charge in [-0.2, -0.15) is 0 Å². The molecule has 0 spiro atoms. The molecule has 1 rings (SSSR count). The first kappa shape index (κ1) is 16.2. The Morgan fingerprint density at radius 3 is 2.79 bits per heavy atom. The van der Waals surface area contributed by atoms with Crippen molar-refractivity contribution >= 4 is 6.09 Å². The zero-order valence-corrected chi connectivity index (χ0v) is 12.7. The Labute approximate surface area is 116 Å². The third kappa shape index (κ3) is 7.38. The van der Waals surface area contributed by atoms with Crippen LogP contribution in [0.4, 0.5) is 4.79 Å². The van der Waals surface area contributed by atoms with E-state index in [0.717, 1.165) is 39.0 Å². The van der Waals surface area contributed by atoms with Gasteiger partial charge in [-0.25, -0.2) is 4.79 Å². The van der Waals surface area contributed by atoms with Crippen LogP contribution in [0.5, 0.6) is 0 Å². The van der Waals surface area contributed by atoms with Crippen molar-refractivity contribution in [2.45, 2.75) is 51.7 Å². The molecule has 0 aliphatic carbocycles. The van der Waals surface area contributed by atoms with Crippen molar-refractivity contribution in [3.05, 3.63) is 0 Å². The summed E-state index contributed by atoms with van der Waals surface area (Å²) in [6.07, 6.45) is 3.05. The van der Waals surface area contributed by atoms with Crippen LogP contribution in [0.3, 0.4) is 0 Å². The predicted molar refractivity (Wildman–Crippen MR) is 75.3 cm³/mol. The number of ether oxygens (including phenoxy) is 2. The van der Waals surface area contributed by atoms with E-state index in [1.165, 1.54) is 0 Å². The molecule has 0 aromatic heterocycles. The first-order valence-corrected chi connectivity index (χ1v) is 7.14. The van der Waals surface area contributed by atoms with Crippen molar-refractivity contribution in [3.63, 3.8) is 0 Å². The molecule has 1 N–H and O–H groups in total. The Balaban J connectivity index is 2.18. The Hall–Kier alpha value is -0.810. The van der Waals surface area contributed by atoms with E-state index >= 15 is 0 Å². The second-order valence-corrected chi connectivity index (χ2v) is 6.10. The minimum Gasteiger partial charge on any atom is -0.444 e. The fraction of sp³-hybridized carbons (Fsp3) is 0.929. The van der Waals surface area contributed by atoms with Crippen LogP contribution < -0.4 is 5.32 Å². The van der Waals surface area contributed by atoms with Gasteiger partial charge < -0.3 is 19.7 Å². The minimum atomic E-state index is -0.433. The number of rotatable bonds is 4. The topological polar surface area (TPSA) is 50.8 Å². The van der Waals surface area contributed by atoms with E-state index in [0.29, 0.717) is 12.6 Å². The summed E-state index contributed by atoms with van der Waals surface area (Å²) in [6, 6.07) is 0.509. The summed E-state index contributed by atoms with van der Waals surface area (Å²) >= 11 is 0. The standard InChI is InChI=1S/C14H28N2O3/c1-14(2,3)19-13(17)16(4)9-8-15-12-6-5-10-18-11-7-12/h12,15H,5-11H2,1-4H3. The molecule has 0 bridgehead atoms. The van der Waals surface area contributed by atoms with E-state index in [2.05, 4.69) is 5.32 Å². The normalized spacial score (nSPS) is 20.7. The summed E-state index contributed by atoms with van der Waals surface area (Å²) in [4.78, 5) is 13.4. The minimum absolute atomic E-state index is 0.265. The first-order valence-electron chi connectivity index (χ1n) is 7.14. The predicted octanol–water partition coefficient (Wildman–Crippen LogP) is 2.01. The van der Waals surface area contributed by atoms with E-state index in [1.807, 2.05) is 20.8 Å². The summed E-state index contributed by atoms with van der Waals surface area (Å²) in [5.41, 5.74) is -0.433. The van der Waals surface area contributed by atoms with Gasteiger partial charge in [0.05, 0.1) is 0 Å². The lowest BCUT2D eigenvalue weighted by Gasteiger charge is -2.25. The number of hydrogen-bond acceptors (Lipinski definition) is 4. The van der Waals surface area contributed by atoms with Gasteiger partial charge in [-0.15, -0.1) is 0 Å². The molecule has 1 fully saturated rings. The monoisotopic (exact) mass is 272 g/mol. The molecule has 0 saturated carbocycles. The van der Waals surface area contributed by atoms with E-state index in [9.17, 15) is 4.79 Å². The average molecular weight is 272 g/mol. The number of likely N-dealkylation sites (N-methyl/N-ethyl adjacent to an activating group) is 1. The van der Waals surface area contributed by atoms with Crippen molar-refractivity contribution in [2.75, 3.05) is 33.4 Å². The van der Waals surface area contributed by atoms with E-state index in [1.54, 1.807) is 11.9 Å².